The van der Waals surface area contributed by atoms with Gasteiger partial charge >= 0.3 is 0 Å². The average Bonchev–Trinajstić information content (AvgIpc) is 2.62. The van der Waals surface area contributed by atoms with Crippen LogP contribution in [0, 0.1) is 0 Å². The molecule has 70 valence electrons. The van der Waals surface area contributed by atoms with Gasteiger partial charge in [0.15, 0.2) is 0 Å². The monoisotopic (exact) mass is 176 g/mol. The zero-order chi connectivity index (χ0) is 9.10. The van der Waals surface area contributed by atoms with Gasteiger partial charge in [0.2, 0.25) is 0 Å². The number of hydrogen-bond acceptors (Lipinski definition) is 2. The predicted octanol–water partition coefficient (Wildman–Crippen LogP) is 1.55. The van der Waals surface area contributed by atoms with Crippen molar-refractivity contribution in [3.8, 4) is 0 Å². The van der Waals surface area contributed by atoms with Crippen molar-refractivity contribution in [1.29, 1.82) is 0 Å². The fourth-order valence-electron chi connectivity index (χ4n) is 1.99. The fraction of sp³-hybridized carbons (Fsp3) is 0.455. The van der Waals surface area contributed by atoms with E-state index in [2.05, 4.69) is 23.5 Å². The van der Waals surface area contributed by atoms with E-state index in [4.69, 9.17) is 5.73 Å². The summed E-state index contributed by atoms with van der Waals surface area (Å²) in [6.07, 6.45) is 3.77. The van der Waals surface area contributed by atoms with E-state index in [1.807, 2.05) is 0 Å². The summed E-state index contributed by atoms with van der Waals surface area (Å²) in [7, 11) is 0. The van der Waals surface area contributed by atoms with Crippen LogP contribution >= 0.6 is 0 Å². The molecule has 13 heavy (non-hydrogen) atoms. The standard InChI is InChI=1S/C11H16N2/c12-7-8-13-11-6-2-4-9-3-1-5-10(9)11/h2,4,6,13H,1,3,5,7-8,12H2. The number of aryl methyl sites for hydroxylation is 1. The maximum Gasteiger partial charge on any atom is 0.0375 e. The van der Waals surface area contributed by atoms with E-state index in [0.717, 1.165) is 6.54 Å². The van der Waals surface area contributed by atoms with Crippen molar-refractivity contribution >= 4 is 5.69 Å². The second-order valence-corrected chi connectivity index (χ2v) is 3.51. The molecule has 1 aromatic rings. The first kappa shape index (κ1) is 8.57. The molecule has 0 atom stereocenters. The van der Waals surface area contributed by atoms with Crippen molar-refractivity contribution in [3.05, 3.63) is 29.3 Å². The Labute approximate surface area is 79.1 Å². The lowest BCUT2D eigenvalue weighted by molar-refractivity contribution is 0.910. The minimum atomic E-state index is 0.698. The van der Waals surface area contributed by atoms with Crippen LogP contribution in [0.1, 0.15) is 17.5 Å². The number of nitrogens with two attached hydrogens (primary N) is 1. The van der Waals surface area contributed by atoms with Crippen LogP contribution in [0.5, 0.6) is 0 Å². The van der Waals surface area contributed by atoms with Crippen LogP contribution in [0.15, 0.2) is 18.2 Å². The Kier molecular flexibility index (Phi) is 2.50. The number of anilines is 1. The van der Waals surface area contributed by atoms with E-state index in [1.165, 1.54) is 36.1 Å². The van der Waals surface area contributed by atoms with Crippen LogP contribution in [0.25, 0.3) is 0 Å². The molecule has 0 bridgehead atoms. The Hall–Kier alpha value is -1.02. The summed E-state index contributed by atoms with van der Waals surface area (Å²) >= 11 is 0. The minimum absolute atomic E-state index is 0.698. The molecule has 1 aliphatic carbocycles. The molecule has 0 fully saturated rings. The van der Waals surface area contributed by atoms with Gasteiger partial charge in [-0.05, 0) is 36.5 Å². The third kappa shape index (κ3) is 1.68. The summed E-state index contributed by atoms with van der Waals surface area (Å²) in [4.78, 5) is 0. The predicted molar refractivity (Wildman–Crippen MR) is 56.0 cm³/mol. The second-order valence-electron chi connectivity index (χ2n) is 3.51. The first-order valence-electron chi connectivity index (χ1n) is 4.96. The smallest absolute Gasteiger partial charge is 0.0375 e. The van der Waals surface area contributed by atoms with Gasteiger partial charge in [-0.1, -0.05) is 12.1 Å². The van der Waals surface area contributed by atoms with Crippen LogP contribution in [0.3, 0.4) is 0 Å². The van der Waals surface area contributed by atoms with E-state index in [9.17, 15) is 0 Å². The zero-order valence-corrected chi connectivity index (χ0v) is 7.84. The highest BCUT2D eigenvalue weighted by Gasteiger charge is 2.13. The van der Waals surface area contributed by atoms with Crippen molar-refractivity contribution < 1.29 is 0 Å². The third-order valence-corrected chi connectivity index (χ3v) is 2.61. The molecule has 0 saturated heterocycles. The van der Waals surface area contributed by atoms with Gasteiger partial charge in [-0.15, -0.1) is 0 Å². The van der Waals surface area contributed by atoms with Gasteiger partial charge in [0, 0.05) is 18.8 Å². The average molecular weight is 176 g/mol. The molecule has 2 nitrogen and oxygen atoms in total. The first-order chi connectivity index (χ1) is 6.42. The number of fused-ring (bicyclic) bond motifs is 1. The van der Waals surface area contributed by atoms with Crippen LogP contribution in [-0.2, 0) is 12.8 Å². The molecule has 0 aliphatic heterocycles. The lowest BCUT2D eigenvalue weighted by Crippen LogP contribution is -2.14. The highest BCUT2D eigenvalue weighted by Crippen LogP contribution is 2.28. The highest BCUT2D eigenvalue weighted by molar-refractivity contribution is 5.56. The summed E-state index contributed by atoms with van der Waals surface area (Å²) in [5.74, 6) is 0. The number of benzene rings is 1. The number of nitrogens with one attached hydrogen (secondary N) is 1. The van der Waals surface area contributed by atoms with Crippen LogP contribution in [0.4, 0.5) is 5.69 Å². The van der Waals surface area contributed by atoms with Crippen molar-refractivity contribution in [2.45, 2.75) is 19.3 Å². The lowest BCUT2D eigenvalue weighted by atomic mass is 10.1. The molecule has 0 saturated carbocycles. The van der Waals surface area contributed by atoms with Gasteiger partial charge < -0.3 is 11.1 Å². The van der Waals surface area contributed by atoms with E-state index in [1.54, 1.807) is 0 Å². The molecule has 0 unspecified atom stereocenters. The summed E-state index contributed by atoms with van der Waals surface area (Å²) in [5.41, 5.74) is 9.78. The highest BCUT2D eigenvalue weighted by atomic mass is 14.9. The second kappa shape index (κ2) is 3.79. The van der Waals surface area contributed by atoms with E-state index < -0.39 is 0 Å². The number of hydrogen-bond donors (Lipinski definition) is 2. The maximum atomic E-state index is 5.46. The Morgan fingerprint density at radius 1 is 1.31 bits per heavy atom. The quantitative estimate of drug-likeness (QED) is 0.733. The van der Waals surface area contributed by atoms with Crippen molar-refractivity contribution in [1.82, 2.24) is 0 Å². The summed E-state index contributed by atoms with van der Waals surface area (Å²) in [6.45, 7) is 1.57. The van der Waals surface area contributed by atoms with Gasteiger partial charge in [-0.3, -0.25) is 0 Å². The van der Waals surface area contributed by atoms with Gasteiger partial charge in [-0.2, -0.15) is 0 Å². The van der Waals surface area contributed by atoms with Crippen molar-refractivity contribution in [2.75, 3.05) is 18.4 Å². The van der Waals surface area contributed by atoms with Gasteiger partial charge in [0.25, 0.3) is 0 Å². The first-order valence-corrected chi connectivity index (χ1v) is 4.96. The van der Waals surface area contributed by atoms with E-state index in [-0.39, 0.29) is 0 Å². The molecule has 3 N–H and O–H groups in total. The Morgan fingerprint density at radius 3 is 3.08 bits per heavy atom. The molecule has 2 rings (SSSR count). The van der Waals surface area contributed by atoms with E-state index in [0.29, 0.717) is 6.54 Å². The molecular weight excluding hydrogens is 160 g/mol. The Bertz CT molecular complexity index is 294. The minimum Gasteiger partial charge on any atom is -0.384 e. The Morgan fingerprint density at radius 2 is 2.23 bits per heavy atom. The van der Waals surface area contributed by atoms with Crippen molar-refractivity contribution in [2.24, 2.45) is 5.73 Å². The van der Waals surface area contributed by atoms with Crippen LogP contribution < -0.4 is 11.1 Å². The van der Waals surface area contributed by atoms with Crippen LogP contribution in [0.2, 0.25) is 0 Å². The molecule has 0 heterocycles. The molecule has 1 aliphatic rings. The number of rotatable bonds is 3. The zero-order valence-electron chi connectivity index (χ0n) is 7.84. The maximum absolute atomic E-state index is 5.46. The van der Waals surface area contributed by atoms with Gasteiger partial charge in [0.1, 0.15) is 0 Å². The van der Waals surface area contributed by atoms with Crippen LogP contribution in [-0.4, -0.2) is 13.1 Å². The SMILES string of the molecule is NCCNc1cccc2c1CCC2. The van der Waals surface area contributed by atoms with Crippen molar-refractivity contribution in [3.63, 3.8) is 0 Å². The largest absolute Gasteiger partial charge is 0.384 e. The molecule has 0 amide bonds. The lowest BCUT2D eigenvalue weighted by Gasteiger charge is -2.09. The topological polar surface area (TPSA) is 38.0 Å². The van der Waals surface area contributed by atoms with Gasteiger partial charge in [0.05, 0.1) is 0 Å². The summed E-state index contributed by atoms with van der Waals surface area (Å²) < 4.78 is 0. The summed E-state index contributed by atoms with van der Waals surface area (Å²) in [5, 5.41) is 3.37. The molecule has 0 radical (unpaired) electrons. The molecule has 0 spiro atoms. The summed E-state index contributed by atoms with van der Waals surface area (Å²) in [6, 6.07) is 6.51. The molecular formula is C11H16N2. The normalized spacial score (nSPS) is 14.2. The molecule has 2 heteroatoms. The third-order valence-electron chi connectivity index (χ3n) is 2.61. The fourth-order valence-corrected chi connectivity index (χ4v) is 1.99. The Balaban J connectivity index is 2.20. The van der Waals surface area contributed by atoms with Gasteiger partial charge in [-0.25, -0.2) is 0 Å². The van der Waals surface area contributed by atoms with E-state index >= 15 is 0 Å². The molecule has 1 aromatic carbocycles. The molecule has 0 aromatic heterocycles.